The van der Waals surface area contributed by atoms with Crippen LogP contribution < -0.4 is 5.73 Å². The number of esters is 1. The zero-order valence-electron chi connectivity index (χ0n) is 18.0. The first-order valence-corrected chi connectivity index (χ1v) is 10.3. The second-order valence-electron chi connectivity index (χ2n) is 7.44. The first kappa shape index (κ1) is 21.1. The number of hydrogen-bond donors (Lipinski definition) is 1. The van der Waals surface area contributed by atoms with E-state index in [9.17, 15) is 9.18 Å². The Labute approximate surface area is 193 Å². The van der Waals surface area contributed by atoms with Crippen LogP contribution in [0.4, 0.5) is 10.2 Å². The number of imidazole rings is 1. The molecule has 0 atom stereocenters. The predicted molar refractivity (Wildman–Crippen MR) is 123 cm³/mol. The molecule has 0 unspecified atom stereocenters. The molecule has 0 amide bonds. The number of pyridine rings is 2. The largest absolute Gasteiger partial charge is 0.461 e. The molecule has 0 aliphatic heterocycles. The average molecular weight is 455 g/mol. The van der Waals surface area contributed by atoms with Gasteiger partial charge in [-0.2, -0.15) is 0 Å². The highest BCUT2D eigenvalue weighted by atomic mass is 19.1. The number of ether oxygens (including phenoxy) is 1. The highest BCUT2D eigenvalue weighted by Crippen LogP contribution is 2.31. The van der Waals surface area contributed by atoms with Crippen molar-refractivity contribution in [1.82, 2.24) is 29.5 Å². The first-order chi connectivity index (χ1) is 16.5. The SMILES string of the molecule is CC(=O)OCc1ccc(-n2c(-c3cncnc3N)nc3ccc(-c4ccc(F)cn4)nc32)cc1. The van der Waals surface area contributed by atoms with Gasteiger partial charge in [0.2, 0.25) is 0 Å². The summed E-state index contributed by atoms with van der Waals surface area (Å²) in [5.41, 5.74) is 10.5. The Morgan fingerprint density at radius 2 is 1.79 bits per heavy atom. The fraction of sp³-hybridized carbons (Fsp3) is 0.0833. The van der Waals surface area contributed by atoms with E-state index in [-0.39, 0.29) is 18.4 Å². The molecule has 4 heterocycles. The van der Waals surface area contributed by atoms with E-state index in [1.54, 1.807) is 18.3 Å². The van der Waals surface area contributed by atoms with Crippen molar-refractivity contribution in [3.05, 3.63) is 78.6 Å². The molecule has 4 aromatic heterocycles. The number of rotatable bonds is 5. The van der Waals surface area contributed by atoms with E-state index >= 15 is 0 Å². The summed E-state index contributed by atoms with van der Waals surface area (Å²) in [6, 6.07) is 13.9. The lowest BCUT2D eigenvalue weighted by molar-refractivity contribution is -0.142. The van der Waals surface area contributed by atoms with E-state index in [1.165, 1.54) is 19.3 Å². The predicted octanol–water partition coefficient (Wildman–Crippen LogP) is 3.72. The maximum atomic E-state index is 13.4. The van der Waals surface area contributed by atoms with Gasteiger partial charge in [-0.1, -0.05) is 12.1 Å². The second kappa shape index (κ2) is 8.66. The van der Waals surface area contributed by atoms with E-state index in [0.29, 0.717) is 33.9 Å². The number of fused-ring (bicyclic) bond motifs is 1. The number of aromatic nitrogens is 6. The zero-order valence-corrected chi connectivity index (χ0v) is 18.0. The molecule has 0 radical (unpaired) electrons. The second-order valence-corrected chi connectivity index (χ2v) is 7.44. The summed E-state index contributed by atoms with van der Waals surface area (Å²) in [6.07, 6.45) is 4.11. The molecule has 0 fully saturated rings. The van der Waals surface area contributed by atoms with Crippen molar-refractivity contribution in [1.29, 1.82) is 0 Å². The Morgan fingerprint density at radius 1 is 1.00 bits per heavy atom. The number of halogens is 1. The summed E-state index contributed by atoms with van der Waals surface area (Å²) in [5, 5.41) is 0. The fourth-order valence-electron chi connectivity index (χ4n) is 3.49. The highest BCUT2D eigenvalue weighted by Gasteiger charge is 2.19. The van der Waals surface area contributed by atoms with E-state index < -0.39 is 5.82 Å². The molecular weight excluding hydrogens is 437 g/mol. The summed E-state index contributed by atoms with van der Waals surface area (Å²) in [6.45, 7) is 1.54. The monoisotopic (exact) mass is 455 g/mol. The van der Waals surface area contributed by atoms with Gasteiger partial charge < -0.3 is 10.5 Å². The molecular formula is C24H18FN7O2. The molecule has 0 bridgehead atoms. The van der Waals surface area contributed by atoms with E-state index in [2.05, 4.69) is 15.0 Å². The van der Waals surface area contributed by atoms with E-state index in [4.69, 9.17) is 20.4 Å². The Bertz CT molecular complexity index is 1500. The number of benzene rings is 1. The maximum Gasteiger partial charge on any atom is 0.302 e. The molecule has 1 aromatic carbocycles. The molecule has 34 heavy (non-hydrogen) atoms. The van der Waals surface area contributed by atoms with Crippen molar-refractivity contribution in [3.8, 4) is 28.5 Å². The van der Waals surface area contributed by atoms with Crippen LogP contribution in [0.1, 0.15) is 12.5 Å². The van der Waals surface area contributed by atoms with Crippen LogP contribution in [0.25, 0.3) is 39.6 Å². The lowest BCUT2D eigenvalue weighted by atomic mass is 10.2. The van der Waals surface area contributed by atoms with Gasteiger partial charge in [-0.25, -0.2) is 24.3 Å². The van der Waals surface area contributed by atoms with E-state index in [1.807, 2.05) is 34.9 Å². The third-order valence-corrected chi connectivity index (χ3v) is 5.11. The number of carbonyl (C=O) groups excluding carboxylic acids is 1. The number of nitrogens with two attached hydrogens (primary N) is 1. The quantitative estimate of drug-likeness (QED) is 0.398. The van der Waals surface area contributed by atoms with Gasteiger partial charge in [-0.3, -0.25) is 14.3 Å². The van der Waals surface area contributed by atoms with Crippen molar-refractivity contribution < 1.29 is 13.9 Å². The summed E-state index contributed by atoms with van der Waals surface area (Å²) < 4.78 is 20.3. The molecule has 0 aliphatic rings. The van der Waals surface area contributed by atoms with Crippen LogP contribution in [-0.4, -0.2) is 35.5 Å². The Morgan fingerprint density at radius 3 is 2.50 bits per heavy atom. The number of nitrogen functional groups attached to an aromatic ring is 1. The van der Waals surface area contributed by atoms with Crippen LogP contribution in [0.3, 0.4) is 0 Å². The van der Waals surface area contributed by atoms with Crippen LogP contribution in [0.5, 0.6) is 0 Å². The normalized spacial score (nSPS) is 11.0. The Balaban J connectivity index is 1.68. The molecule has 5 aromatic rings. The van der Waals surface area contributed by atoms with Gasteiger partial charge in [-0.05, 0) is 42.0 Å². The van der Waals surface area contributed by atoms with Gasteiger partial charge in [0.25, 0.3) is 0 Å². The Hall–Kier alpha value is -4.73. The molecule has 5 rings (SSSR count). The number of nitrogens with zero attached hydrogens (tertiary/aromatic N) is 6. The van der Waals surface area contributed by atoms with E-state index in [0.717, 1.165) is 17.4 Å². The highest BCUT2D eigenvalue weighted by molar-refractivity contribution is 5.84. The molecule has 10 heteroatoms. The van der Waals surface area contributed by atoms with Crippen LogP contribution >= 0.6 is 0 Å². The van der Waals surface area contributed by atoms with Gasteiger partial charge in [0, 0.05) is 18.8 Å². The van der Waals surface area contributed by atoms with Crippen LogP contribution in [-0.2, 0) is 16.1 Å². The zero-order chi connectivity index (χ0) is 23.7. The molecule has 0 saturated heterocycles. The lowest BCUT2D eigenvalue weighted by Crippen LogP contribution is -2.03. The van der Waals surface area contributed by atoms with Gasteiger partial charge in [0.05, 0.1) is 23.1 Å². The summed E-state index contributed by atoms with van der Waals surface area (Å²) in [7, 11) is 0. The minimum Gasteiger partial charge on any atom is -0.461 e. The maximum absolute atomic E-state index is 13.4. The average Bonchev–Trinajstić information content (AvgIpc) is 3.22. The molecule has 0 spiro atoms. The first-order valence-electron chi connectivity index (χ1n) is 10.3. The van der Waals surface area contributed by atoms with Gasteiger partial charge in [0.15, 0.2) is 11.5 Å². The Kier molecular flexibility index (Phi) is 5.38. The lowest BCUT2D eigenvalue weighted by Gasteiger charge is -2.11. The summed E-state index contributed by atoms with van der Waals surface area (Å²) >= 11 is 0. The smallest absolute Gasteiger partial charge is 0.302 e. The minimum atomic E-state index is -0.425. The van der Waals surface area contributed by atoms with Crippen molar-refractivity contribution in [2.75, 3.05) is 5.73 Å². The van der Waals surface area contributed by atoms with Crippen molar-refractivity contribution >= 4 is 23.0 Å². The van der Waals surface area contributed by atoms with Crippen molar-refractivity contribution in [3.63, 3.8) is 0 Å². The molecule has 0 saturated carbocycles. The van der Waals surface area contributed by atoms with Crippen molar-refractivity contribution in [2.24, 2.45) is 0 Å². The molecule has 9 nitrogen and oxygen atoms in total. The van der Waals surface area contributed by atoms with Gasteiger partial charge >= 0.3 is 5.97 Å². The number of anilines is 1. The number of carbonyl (C=O) groups is 1. The molecule has 168 valence electrons. The third-order valence-electron chi connectivity index (χ3n) is 5.11. The standard InChI is InChI=1S/C24H18FN7O2/c1-14(33)34-12-15-2-5-17(6-3-15)32-23(18-11-27-13-29-22(18)26)31-21-9-8-20(30-24(21)32)19-7-4-16(25)10-28-19/h2-11,13H,12H2,1H3,(H2,26,27,29). The van der Waals surface area contributed by atoms with Gasteiger partial charge in [0.1, 0.15) is 30.1 Å². The summed E-state index contributed by atoms with van der Waals surface area (Å²) in [5.74, 6) is 0.0132. The summed E-state index contributed by atoms with van der Waals surface area (Å²) in [4.78, 5) is 33.0. The minimum absolute atomic E-state index is 0.172. The van der Waals surface area contributed by atoms with Crippen LogP contribution in [0.15, 0.2) is 67.3 Å². The topological polar surface area (TPSA) is 122 Å². The molecule has 2 N–H and O–H groups in total. The van der Waals surface area contributed by atoms with Gasteiger partial charge in [-0.15, -0.1) is 0 Å². The van der Waals surface area contributed by atoms with Crippen LogP contribution in [0.2, 0.25) is 0 Å². The fourth-order valence-corrected chi connectivity index (χ4v) is 3.49. The molecule has 0 aliphatic carbocycles. The van der Waals surface area contributed by atoms with Crippen molar-refractivity contribution in [2.45, 2.75) is 13.5 Å². The number of hydrogen-bond acceptors (Lipinski definition) is 8. The third kappa shape index (κ3) is 4.04. The van der Waals surface area contributed by atoms with Crippen LogP contribution in [0, 0.1) is 5.82 Å².